The molecule has 2 rings (SSSR count). The van der Waals surface area contributed by atoms with Gasteiger partial charge in [-0.05, 0) is 30.0 Å². The van der Waals surface area contributed by atoms with Crippen LogP contribution >= 0.6 is 0 Å². The van der Waals surface area contributed by atoms with Gasteiger partial charge in [0.15, 0.2) is 6.23 Å². The number of benzene rings is 1. The molecule has 1 aliphatic heterocycles. The van der Waals surface area contributed by atoms with E-state index in [2.05, 4.69) is 42.4 Å². The van der Waals surface area contributed by atoms with Gasteiger partial charge in [-0.25, -0.2) is 10.9 Å². The van der Waals surface area contributed by atoms with E-state index in [0.29, 0.717) is 5.92 Å². The van der Waals surface area contributed by atoms with Crippen LogP contribution in [0.15, 0.2) is 24.3 Å². The summed E-state index contributed by atoms with van der Waals surface area (Å²) >= 11 is 0. The number of nitrogens with one attached hydrogen (secondary N) is 3. The summed E-state index contributed by atoms with van der Waals surface area (Å²) in [4.78, 5) is 0. The van der Waals surface area contributed by atoms with Crippen molar-refractivity contribution in [3.63, 3.8) is 0 Å². The highest BCUT2D eigenvalue weighted by atomic mass is 16.5. The molecule has 1 saturated heterocycles. The molecule has 0 amide bonds. The molecule has 0 saturated carbocycles. The maximum atomic E-state index is 5.73. The summed E-state index contributed by atoms with van der Waals surface area (Å²) in [6.45, 7) is 5.25. The number of rotatable bonds is 5. The van der Waals surface area contributed by atoms with Crippen LogP contribution in [-0.2, 0) is 0 Å². The molecule has 17 heavy (non-hydrogen) atoms. The van der Waals surface area contributed by atoms with Crippen molar-refractivity contribution in [2.75, 3.05) is 6.54 Å². The summed E-state index contributed by atoms with van der Waals surface area (Å²) in [5.74, 6) is 1.53. The molecular weight excluding hydrogens is 214 g/mol. The summed E-state index contributed by atoms with van der Waals surface area (Å²) < 4.78 is 5.73. The average Bonchev–Trinajstić information content (AvgIpc) is 2.83. The summed E-state index contributed by atoms with van der Waals surface area (Å²) in [6, 6.07) is 8.40. The van der Waals surface area contributed by atoms with Crippen LogP contribution in [0.2, 0.25) is 0 Å². The molecule has 0 aromatic heterocycles. The van der Waals surface area contributed by atoms with Crippen molar-refractivity contribution in [1.82, 2.24) is 16.4 Å². The lowest BCUT2D eigenvalue weighted by molar-refractivity contribution is 0.191. The van der Waals surface area contributed by atoms with Gasteiger partial charge in [-0.2, -0.15) is 5.53 Å². The van der Waals surface area contributed by atoms with Crippen molar-refractivity contribution in [2.45, 2.75) is 38.8 Å². The monoisotopic (exact) mass is 235 g/mol. The zero-order chi connectivity index (χ0) is 12.1. The van der Waals surface area contributed by atoms with Gasteiger partial charge in [0.05, 0.1) is 6.54 Å². The van der Waals surface area contributed by atoms with E-state index in [1.165, 1.54) is 18.4 Å². The van der Waals surface area contributed by atoms with Gasteiger partial charge in [0.2, 0.25) is 0 Å². The molecule has 1 heterocycles. The Kier molecular flexibility index (Phi) is 4.36. The van der Waals surface area contributed by atoms with Gasteiger partial charge in [-0.1, -0.05) is 32.4 Å². The van der Waals surface area contributed by atoms with Crippen molar-refractivity contribution in [3.05, 3.63) is 29.8 Å². The first-order chi connectivity index (χ1) is 8.29. The third kappa shape index (κ3) is 3.43. The van der Waals surface area contributed by atoms with Gasteiger partial charge in [-0.3, -0.25) is 0 Å². The van der Waals surface area contributed by atoms with Crippen LogP contribution < -0.4 is 21.1 Å². The molecule has 2 unspecified atom stereocenters. The Bertz CT molecular complexity index is 333. The van der Waals surface area contributed by atoms with Crippen molar-refractivity contribution in [3.8, 4) is 5.75 Å². The predicted octanol–water partition coefficient (Wildman–Crippen LogP) is 1.91. The second kappa shape index (κ2) is 6.00. The Morgan fingerprint density at radius 1 is 1.35 bits per heavy atom. The molecule has 1 aromatic carbocycles. The number of ether oxygens (including phenoxy) is 1. The quantitative estimate of drug-likeness (QED) is 0.729. The van der Waals surface area contributed by atoms with E-state index in [4.69, 9.17) is 4.74 Å². The van der Waals surface area contributed by atoms with Crippen LogP contribution in [0, 0.1) is 0 Å². The summed E-state index contributed by atoms with van der Waals surface area (Å²) in [6.07, 6.45) is 2.45. The summed E-state index contributed by atoms with van der Waals surface area (Å²) in [5, 5.41) is 0. The molecule has 0 aliphatic carbocycles. The van der Waals surface area contributed by atoms with Crippen LogP contribution in [-0.4, -0.2) is 12.8 Å². The van der Waals surface area contributed by atoms with Crippen LogP contribution in [0.5, 0.6) is 5.75 Å². The standard InChI is InChI=1S/C13H21N3O/c1-3-4-10(2)11-5-7-12(8-6-11)17-13-9-14-16-15-13/h5-8,10,13-16H,3-4,9H2,1-2H3. The molecule has 0 spiro atoms. The van der Waals surface area contributed by atoms with E-state index in [9.17, 15) is 0 Å². The third-order valence-electron chi connectivity index (χ3n) is 3.06. The van der Waals surface area contributed by atoms with Crippen molar-refractivity contribution < 1.29 is 4.74 Å². The fourth-order valence-electron chi connectivity index (χ4n) is 2.04. The molecule has 94 valence electrons. The maximum absolute atomic E-state index is 5.73. The Balaban J connectivity index is 1.92. The first-order valence-electron chi connectivity index (χ1n) is 6.29. The molecule has 1 aliphatic rings. The number of hydrazine groups is 2. The molecule has 3 N–H and O–H groups in total. The van der Waals surface area contributed by atoms with Gasteiger partial charge in [0, 0.05) is 0 Å². The second-order valence-electron chi connectivity index (χ2n) is 4.52. The maximum Gasteiger partial charge on any atom is 0.177 e. The van der Waals surface area contributed by atoms with E-state index in [1.54, 1.807) is 0 Å². The highest BCUT2D eigenvalue weighted by molar-refractivity contribution is 5.29. The minimum Gasteiger partial charge on any atom is -0.473 e. The molecule has 0 bridgehead atoms. The summed E-state index contributed by atoms with van der Waals surface area (Å²) in [5.41, 5.74) is 10.1. The molecule has 4 nitrogen and oxygen atoms in total. The zero-order valence-corrected chi connectivity index (χ0v) is 10.5. The lowest BCUT2D eigenvalue weighted by Crippen LogP contribution is -2.36. The molecule has 4 heteroatoms. The van der Waals surface area contributed by atoms with E-state index < -0.39 is 0 Å². The first-order valence-corrected chi connectivity index (χ1v) is 6.29. The topological polar surface area (TPSA) is 45.3 Å². The Labute approximate surface area is 103 Å². The van der Waals surface area contributed by atoms with Crippen molar-refractivity contribution in [2.24, 2.45) is 0 Å². The average molecular weight is 235 g/mol. The number of hydrogen-bond acceptors (Lipinski definition) is 4. The Morgan fingerprint density at radius 3 is 2.71 bits per heavy atom. The van der Waals surface area contributed by atoms with E-state index in [-0.39, 0.29) is 6.23 Å². The molecule has 1 aromatic rings. The lowest BCUT2D eigenvalue weighted by atomic mass is 9.97. The molecular formula is C13H21N3O. The first kappa shape index (κ1) is 12.4. The largest absolute Gasteiger partial charge is 0.473 e. The SMILES string of the molecule is CCCC(C)c1ccc(OC2CNNN2)cc1. The van der Waals surface area contributed by atoms with Gasteiger partial charge in [0.1, 0.15) is 5.75 Å². The fourth-order valence-corrected chi connectivity index (χ4v) is 2.04. The molecule has 0 radical (unpaired) electrons. The predicted molar refractivity (Wildman–Crippen MR) is 68.5 cm³/mol. The molecule has 1 fully saturated rings. The molecule has 2 atom stereocenters. The smallest absolute Gasteiger partial charge is 0.177 e. The fraction of sp³-hybridized carbons (Fsp3) is 0.538. The van der Waals surface area contributed by atoms with Crippen LogP contribution in [0.1, 0.15) is 38.2 Å². The third-order valence-corrected chi connectivity index (χ3v) is 3.06. The Hall–Kier alpha value is -1.10. The highest BCUT2D eigenvalue weighted by Gasteiger charge is 2.14. The van der Waals surface area contributed by atoms with Crippen molar-refractivity contribution >= 4 is 0 Å². The van der Waals surface area contributed by atoms with Crippen LogP contribution in [0.4, 0.5) is 0 Å². The van der Waals surface area contributed by atoms with Gasteiger partial charge in [-0.15, -0.1) is 0 Å². The van der Waals surface area contributed by atoms with Crippen molar-refractivity contribution in [1.29, 1.82) is 0 Å². The lowest BCUT2D eigenvalue weighted by Gasteiger charge is -2.14. The Morgan fingerprint density at radius 2 is 2.12 bits per heavy atom. The van der Waals surface area contributed by atoms with Gasteiger partial charge in [0.25, 0.3) is 0 Å². The van der Waals surface area contributed by atoms with E-state index in [0.717, 1.165) is 12.3 Å². The number of hydrogen-bond donors (Lipinski definition) is 3. The minimum atomic E-state index is -0.00563. The zero-order valence-electron chi connectivity index (χ0n) is 10.5. The van der Waals surface area contributed by atoms with E-state index in [1.807, 2.05) is 12.1 Å². The van der Waals surface area contributed by atoms with Gasteiger partial charge >= 0.3 is 0 Å². The van der Waals surface area contributed by atoms with Gasteiger partial charge < -0.3 is 4.74 Å². The van der Waals surface area contributed by atoms with Crippen LogP contribution in [0.25, 0.3) is 0 Å². The highest BCUT2D eigenvalue weighted by Crippen LogP contribution is 2.23. The minimum absolute atomic E-state index is 0.00563. The summed E-state index contributed by atoms with van der Waals surface area (Å²) in [7, 11) is 0. The normalized spacial score (nSPS) is 21.4. The van der Waals surface area contributed by atoms with Crippen LogP contribution in [0.3, 0.4) is 0 Å². The van der Waals surface area contributed by atoms with E-state index >= 15 is 0 Å². The second-order valence-corrected chi connectivity index (χ2v) is 4.52.